The molecule has 1 aromatic heterocycles. The molecule has 1 aromatic rings. The molecule has 3 nitrogen and oxygen atoms in total. The van der Waals surface area contributed by atoms with E-state index in [1.54, 1.807) is 4.68 Å². The second kappa shape index (κ2) is 3.27. The highest BCUT2D eigenvalue weighted by Gasteiger charge is 2.16. The van der Waals surface area contributed by atoms with Crippen molar-refractivity contribution in [1.82, 2.24) is 9.78 Å². The van der Waals surface area contributed by atoms with Crippen LogP contribution in [0.2, 0.25) is 0 Å². The fourth-order valence-corrected chi connectivity index (χ4v) is 0.899. The van der Waals surface area contributed by atoms with Crippen LogP contribution >= 0.6 is 0 Å². The van der Waals surface area contributed by atoms with Crippen LogP contribution in [0.4, 0.5) is 0 Å². The van der Waals surface area contributed by atoms with Gasteiger partial charge in [0.2, 0.25) is 0 Å². The molecular weight excluding hydrogens is 152 g/mol. The van der Waals surface area contributed by atoms with E-state index in [2.05, 4.69) is 32.1 Å². The van der Waals surface area contributed by atoms with Crippen LogP contribution in [0.5, 0.6) is 0 Å². The van der Waals surface area contributed by atoms with E-state index < -0.39 is 0 Å². The van der Waals surface area contributed by atoms with Gasteiger partial charge in [-0.05, 0) is 6.07 Å². The van der Waals surface area contributed by atoms with Gasteiger partial charge in [0, 0.05) is 5.41 Å². The molecule has 0 saturated carbocycles. The first-order valence-electron chi connectivity index (χ1n) is 4.11. The van der Waals surface area contributed by atoms with E-state index in [0.29, 0.717) is 6.54 Å². The summed E-state index contributed by atoms with van der Waals surface area (Å²) in [4.78, 5) is 0. The third-order valence-electron chi connectivity index (χ3n) is 1.66. The maximum atomic E-state index is 8.65. The van der Waals surface area contributed by atoms with Crippen molar-refractivity contribution in [2.45, 2.75) is 32.7 Å². The van der Waals surface area contributed by atoms with Gasteiger partial charge in [-0.15, -0.1) is 0 Å². The number of hydrogen-bond donors (Lipinski definition) is 1. The minimum atomic E-state index is 0.0667. The van der Waals surface area contributed by atoms with Gasteiger partial charge in [-0.3, -0.25) is 4.68 Å². The molecule has 1 radical (unpaired) electrons. The summed E-state index contributed by atoms with van der Waals surface area (Å²) in [5, 5.41) is 12.9. The van der Waals surface area contributed by atoms with Gasteiger partial charge in [0.05, 0.1) is 25.0 Å². The highest BCUT2D eigenvalue weighted by molar-refractivity contribution is 5.09. The van der Waals surface area contributed by atoms with Crippen LogP contribution in [0.25, 0.3) is 0 Å². The Labute approximate surface area is 73.0 Å². The smallest absolute Gasteiger partial charge is 0.0867 e. The minimum Gasteiger partial charge on any atom is -0.394 e. The lowest BCUT2D eigenvalue weighted by Crippen LogP contribution is -2.13. The first-order chi connectivity index (χ1) is 5.54. The molecule has 0 spiro atoms. The number of aromatic nitrogens is 2. The van der Waals surface area contributed by atoms with Gasteiger partial charge in [-0.1, -0.05) is 20.8 Å². The van der Waals surface area contributed by atoms with Gasteiger partial charge >= 0.3 is 0 Å². The molecule has 0 aliphatic rings. The summed E-state index contributed by atoms with van der Waals surface area (Å²) in [7, 11) is 0. The van der Waals surface area contributed by atoms with Crippen molar-refractivity contribution in [2.24, 2.45) is 0 Å². The van der Waals surface area contributed by atoms with Crippen molar-refractivity contribution in [3.63, 3.8) is 0 Å². The predicted molar refractivity (Wildman–Crippen MR) is 46.8 cm³/mol. The topological polar surface area (TPSA) is 38.0 Å². The first kappa shape index (κ1) is 9.26. The maximum absolute atomic E-state index is 8.65. The highest BCUT2D eigenvalue weighted by Crippen LogP contribution is 2.18. The van der Waals surface area contributed by atoms with Gasteiger partial charge in [0.1, 0.15) is 0 Å². The SMILES string of the molecule is CC(C)(C)c1c[c]n(CCO)n1. The Morgan fingerprint density at radius 1 is 1.58 bits per heavy atom. The number of aliphatic hydroxyl groups is 1. The van der Waals surface area contributed by atoms with Crippen molar-refractivity contribution >= 4 is 0 Å². The number of hydrogen-bond acceptors (Lipinski definition) is 2. The van der Waals surface area contributed by atoms with Gasteiger partial charge in [-0.25, -0.2) is 0 Å². The summed E-state index contributed by atoms with van der Waals surface area (Å²) in [6.45, 7) is 6.95. The van der Waals surface area contributed by atoms with Crippen molar-refractivity contribution in [3.8, 4) is 0 Å². The van der Waals surface area contributed by atoms with Gasteiger partial charge in [-0.2, -0.15) is 5.10 Å². The lowest BCUT2D eigenvalue weighted by molar-refractivity contribution is 0.268. The zero-order chi connectivity index (χ0) is 9.19. The maximum Gasteiger partial charge on any atom is 0.0867 e. The summed E-state index contributed by atoms with van der Waals surface area (Å²) < 4.78 is 1.64. The molecular formula is C9H15N2O. The zero-order valence-electron chi connectivity index (χ0n) is 7.83. The molecule has 0 bridgehead atoms. The van der Waals surface area contributed by atoms with E-state index in [1.807, 2.05) is 6.07 Å². The van der Waals surface area contributed by atoms with Gasteiger partial charge in [0.15, 0.2) is 0 Å². The summed E-state index contributed by atoms with van der Waals surface area (Å²) >= 11 is 0. The zero-order valence-corrected chi connectivity index (χ0v) is 7.83. The molecule has 0 aromatic carbocycles. The van der Waals surface area contributed by atoms with Crippen LogP contribution in [0, 0.1) is 6.20 Å². The molecule has 12 heavy (non-hydrogen) atoms. The molecule has 0 amide bonds. The highest BCUT2D eigenvalue weighted by atomic mass is 16.3. The molecule has 0 aliphatic heterocycles. The first-order valence-corrected chi connectivity index (χ1v) is 4.11. The monoisotopic (exact) mass is 167 g/mol. The Morgan fingerprint density at radius 2 is 2.25 bits per heavy atom. The summed E-state index contributed by atoms with van der Waals surface area (Å²) in [6, 6.07) is 1.87. The quantitative estimate of drug-likeness (QED) is 0.712. The van der Waals surface area contributed by atoms with Crippen LogP contribution in [-0.2, 0) is 12.0 Å². The van der Waals surface area contributed by atoms with Gasteiger partial charge < -0.3 is 5.11 Å². The van der Waals surface area contributed by atoms with Crippen LogP contribution < -0.4 is 0 Å². The van der Waals surface area contributed by atoms with Gasteiger partial charge in [0.25, 0.3) is 0 Å². The average molecular weight is 167 g/mol. The normalized spacial score (nSPS) is 12.0. The number of nitrogens with zero attached hydrogens (tertiary/aromatic N) is 2. The van der Waals surface area contributed by atoms with E-state index in [4.69, 9.17) is 5.11 Å². The predicted octanol–water partition coefficient (Wildman–Crippen LogP) is 0.973. The summed E-state index contributed by atoms with van der Waals surface area (Å²) in [5.41, 5.74) is 1.08. The molecule has 3 heteroatoms. The lowest BCUT2D eigenvalue weighted by Gasteiger charge is -2.14. The lowest BCUT2D eigenvalue weighted by atomic mass is 9.93. The Morgan fingerprint density at radius 3 is 2.67 bits per heavy atom. The average Bonchev–Trinajstić information content (AvgIpc) is 2.35. The minimum absolute atomic E-state index is 0.0667. The third kappa shape index (κ3) is 2.08. The van der Waals surface area contributed by atoms with Crippen LogP contribution in [0.15, 0.2) is 6.07 Å². The second-order valence-corrected chi connectivity index (χ2v) is 3.86. The second-order valence-electron chi connectivity index (χ2n) is 3.86. The summed E-state index contributed by atoms with van der Waals surface area (Å²) in [5.74, 6) is 0. The Balaban J connectivity index is 2.77. The van der Waals surface area contributed by atoms with Crippen molar-refractivity contribution in [1.29, 1.82) is 0 Å². The largest absolute Gasteiger partial charge is 0.394 e. The van der Waals surface area contributed by atoms with Crippen molar-refractivity contribution < 1.29 is 5.11 Å². The van der Waals surface area contributed by atoms with Crippen molar-refractivity contribution in [2.75, 3.05) is 6.61 Å². The number of rotatable bonds is 2. The number of aliphatic hydroxyl groups excluding tert-OH is 1. The Bertz CT molecular complexity index is 247. The van der Waals surface area contributed by atoms with Crippen LogP contribution in [0.1, 0.15) is 26.5 Å². The molecule has 0 saturated heterocycles. The fraction of sp³-hybridized carbons (Fsp3) is 0.667. The third-order valence-corrected chi connectivity index (χ3v) is 1.66. The standard InChI is InChI=1S/C9H15N2O/c1-9(2,3)8-4-5-11(10-8)6-7-12/h4,12H,6-7H2,1-3H3. The van der Waals surface area contributed by atoms with E-state index in [9.17, 15) is 0 Å². The Hall–Kier alpha value is -0.830. The van der Waals surface area contributed by atoms with E-state index >= 15 is 0 Å². The molecule has 1 rings (SSSR count). The fourth-order valence-electron chi connectivity index (χ4n) is 0.899. The molecule has 0 aliphatic carbocycles. The molecule has 1 heterocycles. The molecule has 1 N–H and O–H groups in total. The molecule has 67 valence electrons. The van der Waals surface area contributed by atoms with Crippen LogP contribution in [0.3, 0.4) is 0 Å². The molecule has 0 atom stereocenters. The van der Waals surface area contributed by atoms with E-state index in [1.165, 1.54) is 0 Å². The van der Waals surface area contributed by atoms with Crippen molar-refractivity contribution in [3.05, 3.63) is 18.0 Å². The molecule has 0 fully saturated rings. The Kier molecular flexibility index (Phi) is 2.52. The molecule has 0 unspecified atom stereocenters. The van der Waals surface area contributed by atoms with E-state index in [-0.39, 0.29) is 12.0 Å². The van der Waals surface area contributed by atoms with Crippen LogP contribution in [-0.4, -0.2) is 21.5 Å². The summed E-state index contributed by atoms with van der Waals surface area (Å²) in [6.07, 6.45) is 2.96. The van der Waals surface area contributed by atoms with E-state index in [0.717, 1.165) is 5.69 Å².